The predicted molar refractivity (Wildman–Crippen MR) is 79.5 cm³/mol. The number of nitrogens with one attached hydrogen (secondary N) is 1. The molecule has 1 N–H and O–H groups in total. The monoisotopic (exact) mass is 262 g/mol. The third-order valence-electron chi connectivity index (χ3n) is 3.87. The van der Waals surface area contributed by atoms with Crippen molar-refractivity contribution in [2.45, 2.75) is 19.9 Å². The summed E-state index contributed by atoms with van der Waals surface area (Å²) in [5.41, 5.74) is 1.29. The highest BCUT2D eigenvalue weighted by Crippen LogP contribution is 2.37. The van der Waals surface area contributed by atoms with E-state index in [1.807, 2.05) is 7.05 Å². The molecule has 3 heteroatoms. The molecule has 2 rings (SSSR count). The molecule has 2 unspecified atom stereocenters. The fourth-order valence-corrected chi connectivity index (χ4v) is 2.37. The molecule has 3 nitrogen and oxygen atoms in total. The zero-order valence-corrected chi connectivity index (χ0v) is 12.4. The van der Waals surface area contributed by atoms with Gasteiger partial charge in [-0.15, -0.1) is 0 Å². The van der Waals surface area contributed by atoms with E-state index in [2.05, 4.69) is 48.5 Å². The Morgan fingerprint density at radius 2 is 2.00 bits per heavy atom. The summed E-state index contributed by atoms with van der Waals surface area (Å²) >= 11 is 0. The van der Waals surface area contributed by atoms with Crippen LogP contribution in [-0.2, 0) is 6.54 Å². The van der Waals surface area contributed by atoms with Crippen LogP contribution in [0.2, 0.25) is 0 Å². The number of nitrogens with zero attached hydrogens (tertiary/aromatic N) is 1. The topological polar surface area (TPSA) is 24.5 Å². The van der Waals surface area contributed by atoms with Crippen LogP contribution in [0.3, 0.4) is 0 Å². The molecular formula is C16H26N2O. The van der Waals surface area contributed by atoms with E-state index < -0.39 is 0 Å². The molecule has 19 heavy (non-hydrogen) atoms. The third kappa shape index (κ3) is 4.84. The molecule has 1 aromatic carbocycles. The van der Waals surface area contributed by atoms with Gasteiger partial charge in [0.15, 0.2) is 0 Å². The Kier molecular flexibility index (Phi) is 5.23. The van der Waals surface area contributed by atoms with Crippen molar-refractivity contribution in [1.29, 1.82) is 0 Å². The minimum absolute atomic E-state index is 0.767. The molecule has 0 spiro atoms. The average Bonchev–Trinajstić information content (AvgIpc) is 3.07. The summed E-state index contributed by atoms with van der Waals surface area (Å²) < 4.78 is 5.78. The van der Waals surface area contributed by atoms with Crippen LogP contribution in [0.5, 0.6) is 5.75 Å². The minimum atomic E-state index is 0.767. The summed E-state index contributed by atoms with van der Waals surface area (Å²) in [7, 11) is 4.14. The Bertz CT molecular complexity index is 377. The number of ether oxygens (including phenoxy) is 1. The van der Waals surface area contributed by atoms with Crippen molar-refractivity contribution in [3.63, 3.8) is 0 Å². The second kappa shape index (κ2) is 6.92. The SMILES string of the molecule is CNCc1ccc(OCCN(C)CC2CC2C)cc1. The van der Waals surface area contributed by atoms with Gasteiger partial charge in [0.25, 0.3) is 0 Å². The first-order valence-corrected chi connectivity index (χ1v) is 7.24. The molecule has 0 bridgehead atoms. The number of benzene rings is 1. The minimum Gasteiger partial charge on any atom is -0.492 e. The van der Waals surface area contributed by atoms with Gasteiger partial charge in [-0.05, 0) is 50.0 Å². The molecule has 1 aliphatic carbocycles. The van der Waals surface area contributed by atoms with Gasteiger partial charge >= 0.3 is 0 Å². The molecule has 1 fully saturated rings. The van der Waals surface area contributed by atoms with Crippen LogP contribution < -0.4 is 10.1 Å². The van der Waals surface area contributed by atoms with Crippen molar-refractivity contribution >= 4 is 0 Å². The van der Waals surface area contributed by atoms with Crippen LogP contribution >= 0.6 is 0 Å². The fraction of sp³-hybridized carbons (Fsp3) is 0.625. The van der Waals surface area contributed by atoms with Crippen molar-refractivity contribution in [3.8, 4) is 5.75 Å². The standard InChI is InChI=1S/C16H26N2O/c1-13-10-15(13)12-18(3)8-9-19-16-6-4-14(5-7-16)11-17-2/h4-7,13,15,17H,8-12H2,1-3H3. The molecule has 0 aromatic heterocycles. The fourth-order valence-electron chi connectivity index (χ4n) is 2.37. The first-order valence-electron chi connectivity index (χ1n) is 7.24. The van der Waals surface area contributed by atoms with Crippen molar-refractivity contribution < 1.29 is 4.74 Å². The van der Waals surface area contributed by atoms with E-state index in [0.717, 1.165) is 37.3 Å². The zero-order chi connectivity index (χ0) is 13.7. The zero-order valence-electron chi connectivity index (χ0n) is 12.4. The summed E-state index contributed by atoms with van der Waals surface area (Å²) in [5.74, 6) is 2.82. The van der Waals surface area contributed by atoms with Crippen LogP contribution in [0, 0.1) is 11.8 Å². The van der Waals surface area contributed by atoms with Crippen LogP contribution in [0.15, 0.2) is 24.3 Å². The van der Waals surface area contributed by atoms with E-state index >= 15 is 0 Å². The average molecular weight is 262 g/mol. The molecule has 1 aliphatic rings. The highest BCUT2D eigenvalue weighted by Gasteiger charge is 2.32. The van der Waals surface area contributed by atoms with Crippen LogP contribution in [0.1, 0.15) is 18.9 Å². The van der Waals surface area contributed by atoms with E-state index in [1.165, 1.54) is 18.5 Å². The quantitative estimate of drug-likeness (QED) is 0.778. The molecular weight excluding hydrogens is 236 g/mol. The maximum absolute atomic E-state index is 5.78. The highest BCUT2D eigenvalue weighted by atomic mass is 16.5. The maximum atomic E-state index is 5.78. The van der Waals surface area contributed by atoms with Gasteiger partial charge in [0.1, 0.15) is 12.4 Å². The van der Waals surface area contributed by atoms with E-state index in [4.69, 9.17) is 4.74 Å². The molecule has 0 amide bonds. The summed E-state index contributed by atoms with van der Waals surface area (Å²) in [4.78, 5) is 2.38. The van der Waals surface area contributed by atoms with Gasteiger partial charge in [0, 0.05) is 19.6 Å². The van der Waals surface area contributed by atoms with Gasteiger partial charge in [-0.25, -0.2) is 0 Å². The lowest BCUT2D eigenvalue weighted by Crippen LogP contribution is -2.26. The molecule has 0 saturated heterocycles. The van der Waals surface area contributed by atoms with Crippen molar-refractivity contribution in [3.05, 3.63) is 29.8 Å². The molecule has 0 radical (unpaired) electrons. The Labute approximate surface area is 116 Å². The molecule has 2 atom stereocenters. The van der Waals surface area contributed by atoms with Crippen LogP contribution in [-0.4, -0.2) is 38.7 Å². The number of hydrogen-bond acceptors (Lipinski definition) is 3. The maximum Gasteiger partial charge on any atom is 0.119 e. The van der Waals surface area contributed by atoms with Gasteiger partial charge in [0.2, 0.25) is 0 Å². The van der Waals surface area contributed by atoms with E-state index in [1.54, 1.807) is 0 Å². The lowest BCUT2D eigenvalue weighted by molar-refractivity contribution is 0.230. The van der Waals surface area contributed by atoms with Crippen LogP contribution in [0.4, 0.5) is 0 Å². The largest absolute Gasteiger partial charge is 0.492 e. The predicted octanol–water partition coefficient (Wildman–Crippen LogP) is 2.37. The third-order valence-corrected chi connectivity index (χ3v) is 3.87. The summed E-state index contributed by atoms with van der Waals surface area (Å²) in [6.45, 7) is 6.22. The second-order valence-corrected chi connectivity index (χ2v) is 5.76. The van der Waals surface area contributed by atoms with Crippen LogP contribution in [0.25, 0.3) is 0 Å². The Balaban J connectivity index is 1.64. The normalized spacial score (nSPS) is 21.7. The molecule has 1 saturated carbocycles. The summed E-state index contributed by atoms with van der Waals surface area (Å²) in [5, 5.41) is 3.14. The Morgan fingerprint density at radius 3 is 2.58 bits per heavy atom. The van der Waals surface area contributed by atoms with Crippen molar-refractivity contribution in [1.82, 2.24) is 10.2 Å². The van der Waals surface area contributed by atoms with Gasteiger partial charge in [-0.2, -0.15) is 0 Å². The van der Waals surface area contributed by atoms with Gasteiger partial charge in [-0.1, -0.05) is 19.1 Å². The van der Waals surface area contributed by atoms with E-state index in [9.17, 15) is 0 Å². The molecule has 0 aliphatic heterocycles. The Hall–Kier alpha value is -1.06. The van der Waals surface area contributed by atoms with Gasteiger partial charge in [0.05, 0.1) is 0 Å². The van der Waals surface area contributed by atoms with Gasteiger partial charge < -0.3 is 15.0 Å². The summed E-state index contributed by atoms with van der Waals surface area (Å²) in [6.07, 6.45) is 1.40. The first kappa shape index (κ1) is 14.4. The lowest BCUT2D eigenvalue weighted by Gasteiger charge is -2.16. The molecule has 0 heterocycles. The highest BCUT2D eigenvalue weighted by molar-refractivity contribution is 5.27. The molecule has 106 valence electrons. The van der Waals surface area contributed by atoms with Crippen molar-refractivity contribution in [2.75, 3.05) is 33.8 Å². The number of hydrogen-bond donors (Lipinski definition) is 1. The lowest BCUT2D eigenvalue weighted by atomic mass is 10.2. The summed E-state index contributed by atoms with van der Waals surface area (Å²) in [6, 6.07) is 8.33. The number of rotatable bonds is 8. The number of likely N-dealkylation sites (N-methyl/N-ethyl adjacent to an activating group) is 1. The molecule has 1 aromatic rings. The smallest absolute Gasteiger partial charge is 0.119 e. The van der Waals surface area contributed by atoms with E-state index in [0.29, 0.717) is 0 Å². The second-order valence-electron chi connectivity index (χ2n) is 5.76. The van der Waals surface area contributed by atoms with Crippen molar-refractivity contribution in [2.24, 2.45) is 11.8 Å². The van der Waals surface area contributed by atoms with Gasteiger partial charge in [-0.3, -0.25) is 0 Å². The first-order chi connectivity index (χ1) is 9.19. The Morgan fingerprint density at radius 1 is 1.32 bits per heavy atom. The van der Waals surface area contributed by atoms with E-state index in [-0.39, 0.29) is 0 Å².